The van der Waals surface area contributed by atoms with Crippen LogP contribution in [0.4, 0.5) is 0 Å². The van der Waals surface area contributed by atoms with Crippen LogP contribution in [0.1, 0.15) is 41.8 Å². The highest BCUT2D eigenvalue weighted by atomic mass is 16.5. The lowest BCUT2D eigenvalue weighted by molar-refractivity contribution is 0.0501. The number of nitrogens with zero attached hydrogens (tertiary/aromatic N) is 2. The highest BCUT2D eigenvalue weighted by Crippen LogP contribution is 2.23. The van der Waals surface area contributed by atoms with E-state index in [1.54, 1.807) is 12.1 Å². The maximum atomic E-state index is 12.2. The zero-order chi connectivity index (χ0) is 16.8. The second-order valence-corrected chi connectivity index (χ2v) is 5.11. The fraction of sp³-hybridized carbons (Fsp3) is 0.294. The molecule has 1 N–H and O–H groups in total. The van der Waals surface area contributed by atoms with E-state index >= 15 is 0 Å². The number of benzene rings is 1. The van der Waals surface area contributed by atoms with Crippen molar-refractivity contribution >= 4 is 11.5 Å². The van der Waals surface area contributed by atoms with Crippen LogP contribution in [-0.2, 0) is 11.3 Å². The molecule has 0 bridgehead atoms. The van der Waals surface area contributed by atoms with E-state index in [0.29, 0.717) is 22.6 Å². The van der Waals surface area contributed by atoms with Gasteiger partial charge in [0, 0.05) is 11.6 Å². The minimum atomic E-state index is -0.388. The molecule has 0 radical (unpaired) electrons. The quantitative estimate of drug-likeness (QED) is 0.626. The van der Waals surface area contributed by atoms with Crippen molar-refractivity contribution in [3.8, 4) is 5.88 Å². The molecule has 0 saturated carbocycles. The third-order valence-corrected chi connectivity index (χ3v) is 3.21. The summed E-state index contributed by atoms with van der Waals surface area (Å²) in [6.45, 7) is 8.23. The van der Waals surface area contributed by atoms with Crippen LogP contribution in [0.2, 0.25) is 0 Å². The smallest absolute Gasteiger partial charge is 0.338 e. The first-order chi connectivity index (χ1) is 11.0. The number of hydrogen-bond donors (Lipinski definition) is 1. The SMILES string of the molecule is C=C(C)c1cccc(C(=O)OCCC)c1COc1ccn(O)n1. The van der Waals surface area contributed by atoms with Crippen molar-refractivity contribution < 1.29 is 19.5 Å². The van der Waals surface area contributed by atoms with E-state index in [2.05, 4.69) is 11.7 Å². The molecule has 0 unspecified atom stereocenters. The topological polar surface area (TPSA) is 73.6 Å². The van der Waals surface area contributed by atoms with E-state index in [1.165, 1.54) is 12.3 Å². The van der Waals surface area contributed by atoms with Crippen molar-refractivity contribution in [3.63, 3.8) is 0 Å². The molecule has 2 aromatic rings. The van der Waals surface area contributed by atoms with Gasteiger partial charge in [-0.15, -0.1) is 4.85 Å². The zero-order valence-electron chi connectivity index (χ0n) is 13.3. The molecule has 0 aliphatic heterocycles. The molecule has 0 atom stereocenters. The van der Waals surface area contributed by atoms with Gasteiger partial charge >= 0.3 is 5.97 Å². The first-order valence-electron chi connectivity index (χ1n) is 7.35. The summed E-state index contributed by atoms with van der Waals surface area (Å²) in [6.07, 6.45) is 2.11. The molecule has 2 rings (SSSR count). The number of esters is 1. The molecule has 23 heavy (non-hydrogen) atoms. The highest BCUT2D eigenvalue weighted by molar-refractivity contribution is 5.92. The van der Waals surface area contributed by atoms with Crippen molar-refractivity contribution in [2.75, 3.05) is 6.61 Å². The average molecular weight is 316 g/mol. The molecule has 0 spiro atoms. The Morgan fingerprint density at radius 3 is 2.70 bits per heavy atom. The fourth-order valence-electron chi connectivity index (χ4n) is 2.13. The summed E-state index contributed by atoms with van der Waals surface area (Å²) in [7, 11) is 0. The molecule has 1 heterocycles. The molecule has 0 amide bonds. The monoisotopic (exact) mass is 316 g/mol. The normalized spacial score (nSPS) is 10.3. The summed E-state index contributed by atoms with van der Waals surface area (Å²) in [5.74, 6) is -0.127. The van der Waals surface area contributed by atoms with Gasteiger partial charge in [-0.1, -0.05) is 36.3 Å². The second kappa shape index (κ2) is 7.49. The molecular formula is C17H20N2O4. The minimum Gasteiger partial charge on any atom is -0.472 e. The summed E-state index contributed by atoms with van der Waals surface area (Å²) in [6, 6.07) is 6.90. The third kappa shape index (κ3) is 4.12. The summed E-state index contributed by atoms with van der Waals surface area (Å²) >= 11 is 0. The van der Waals surface area contributed by atoms with E-state index in [0.717, 1.165) is 17.6 Å². The Morgan fingerprint density at radius 1 is 1.35 bits per heavy atom. The third-order valence-electron chi connectivity index (χ3n) is 3.21. The van der Waals surface area contributed by atoms with Gasteiger partial charge < -0.3 is 14.7 Å². The average Bonchev–Trinajstić information content (AvgIpc) is 2.95. The van der Waals surface area contributed by atoms with Crippen LogP contribution in [0.3, 0.4) is 0 Å². The largest absolute Gasteiger partial charge is 0.472 e. The van der Waals surface area contributed by atoms with Crippen molar-refractivity contribution in [3.05, 3.63) is 53.7 Å². The van der Waals surface area contributed by atoms with Gasteiger partial charge in [0.25, 0.3) is 0 Å². The predicted molar refractivity (Wildman–Crippen MR) is 85.5 cm³/mol. The number of rotatable bonds is 7. The van der Waals surface area contributed by atoms with Crippen molar-refractivity contribution in [2.45, 2.75) is 26.9 Å². The van der Waals surface area contributed by atoms with E-state index in [-0.39, 0.29) is 18.5 Å². The summed E-state index contributed by atoms with van der Waals surface area (Å²) in [5, 5.41) is 12.9. The van der Waals surface area contributed by atoms with Crippen LogP contribution < -0.4 is 4.74 Å². The standard InChI is InChI=1S/C17H20N2O4/c1-4-10-22-17(20)14-7-5-6-13(12(2)3)15(14)11-23-16-8-9-19(21)18-16/h5-9,21H,2,4,10-11H2,1,3H3. The number of carbonyl (C=O) groups excluding carboxylic acids is 1. The Morgan fingerprint density at radius 2 is 2.09 bits per heavy atom. The number of allylic oxidation sites excluding steroid dienone is 1. The van der Waals surface area contributed by atoms with Gasteiger partial charge in [0.2, 0.25) is 5.88 Å². The Bertz CT molecular complexity index is 706. The molecular weight excluding hydrogens is 296 g/mol. The molecule has 6 heteroatoms. The Kier molecular flexibility index (Phi) is 5.41. The lowest BCUT2D eigenvalue weighted by Gasteiger charge is -2.14. The van der Waals surface area contributed by atoms with Crippen molar-refractivity contribution in [1.29, 1.82) is 0 Å². The Hall–Kier alpha value is -2.76. The first kappa shape index (κ1) is 16.6. The number of aromatic nitrogens is 2. The first-order valence-corrected chi connectivity index (χ1v) is 7.35. The van der Waals surface area contributed by atoms with Crippen molar-refractivity contribution in [2.24, 2.45) is 0 Å². The van der Waals surface area contributed by atoms with Gasteiger partial charge in [0.15, 0.2) is 0 Å². The molecule has 122 valence electrons. The lowest BCUT2D eigenvalue weighted by atomic mass is 9.97. The molecule has 0 fully saturated rings. The molecule has 0 aliphatic rings. The van der Waals surface area contributed by atoms with Gasteiger partial charge in [0.05, 0.1) is 18.4 Å². The maximum absolute atomic E-state index is 12.2. The zero-order valence-corrected chi connectivity index (χ0v) is 13.3. The molecule has 1 aromatic heterocycles. The Labute approximate surface area is 134 Å². The van der Waals surface area contributed by atoms with Gasteiger partial charge in [-0.25, -0.2) is 4.79 Å². The number of hydrogen-bond acceptors (Lipinski definition) is 5. The van der Waals surface area contributed by atoms with Crippen LogP contribution in [0.25, 0.3) is 5.57 Å². The molecule has 0 saturated heterocycles. The highest BCUT2D eigenvalue weighted by Gasteiger charge is 2.17. The van der Waals surface area contributed by atoms with Crippen LogP contribution in [0.15, 0.2) is 37.0 Å². The predicted octanol–water partition coefficient (Wildman–Crippen LogP) is 3.30. The molecule has 1 aromatic carbocycles. The van der Waals surface area contributed by atoms with E-state index in [9.17, 15) is 10.0 Å². The van der Waals surface area contributed by atoms with Gasteiger partial charge in [-0.05, 0) is 25.0 Å². The van der Waals surface area contributed by atoms with E-state index in [4.69, 9.17) is 9.47 Å². The van der Waals surface area contributed by atoms with Gasteiger partial charge in [-0.2, -0.15) is 0 Å². The molecule has 0 aliphatic carbocycles. The van der Waals surface area contributed by atoms with Crippen LogP contribution in [0, 0.1) is 0 Å². The molecule has 6 nitrogen and oxygen atoms in total. The summed E-state index contributed by atoms with van der Waals surface area (Å²) in [4.78, 5) is 12.9. The van der Waals surface area contributed by atoms with Gasteiger partial charge in [0.1, 0.15) is 6.61 Å². The van der Waals surface area contributed by atoms with Crippen LogP contribution in [-0.4, -0.2) is 27.7 Å². The van der Waals surface area contributed by atoms with Gasteiger partial charge in [-0.3, -0.25) is 0 Å². The van der Waals surface area contributed by atoms with Crippen molar-refractivity contribution in [1.82, 2.24) is 9.94 Å². The van der Waals surface area contributed by atoms with E-state index < -0.39 is 0 Å². The number of carbonyl (C=O) groups is 1. The van der Waals surface area contributed by atoms with E-state index in [1.807, 2.05) is 19.9 Å². The summed E-state index contributed by atoms with van der Waals surface area (Å²) < 4.78 is 10.8. The maximum Gasteiger partial charge on any atom is 0.338 e. The number of ether oxygens (including phenoxy) is 2. The fourth-order valence-corrected chi connectivity index (χ4v) is 2.13. The summed E-state index contributed by atoms with van der Waals surface area (Å²) in [5.41, 5.74) is 2.79. The Balaban J connectivity index is 2.29. The second-order valence-electron chi connectivity index (χ2n) is 5.11. The minimum absolute atomic E-state index is 0.122. The lowest BCUT2D eigenvalue weighted by Crippen LogP contribution is -2.12. The van der Waals surface area contributed by atoms with Crippen LogP contribution >= 0.6 is 0 Å². The van der Waals surface area contributed by atoms with Crippen LogP contribution in [0.5, 0.6) is 5.88 Å².